The molecule has 1 atom stereocenters. The number of nitrogen functional groups attached to an aromatic ring is 1. The van der Waals surface area contributed by atoms with Crippen molar-refractivity contribution in [2.45, 2.75) is 32.2 Å². The number of hydrogen-bond acceptors (Lipinski definition) is 4. The normalized spacial score (nSPS) is 19.8. The zero-order valence-electron chi connectivity index (χ0n) is 11.9. The van der Waals surface area contributed by atoms with E-state index in [4.69, 9.17) is 5.73 Å². The fourth-order valence-electron chi connectivity index (χ4n) is 2.68. The van der Waals surface area contributed by atoms with Crippen LogP contribution >= 0.6 is 0 Å². The zero-order valence-corrected chi connectivity index (χ0v) is 11.9. The minimum Gasteiger partial charge on any atom is -0.399 e. The van der Waals surface area contributed by atoms with Gasteiger partial charge >= 0.3 is 0 Å². The Morgan fingerprint density at radius 3 is 3.00 bits per heavy atom. The van der Waals surface area contributed by atoms with Crippen LogP contribution in [0, 0.1) is 6.92 Å². The molecule has 0 aromatic heterocycles. The highest BCUT2D eigenvalue weighted by Gasteiger charge is 2.23. The highest BCUT2D eigenvalue weighted by atomic mass is 16.3. The second-order valence-corrected chi connectivity index (χ2v) is 5.43. The molecular weight excluding hydrogens is 254 g/mol. The van der Waals surface area contributed by atoms with Gasteiger partial charge in [-0.3, -0.25) is 9.69 Å². The number of aliphatic hydroxyl groups is 1. The molecule has 0 radical (unpaired) electrons. The Kier molecular flexibility index (Phi) is 4.98. The van der Waals surface area contributed by atoms with Gasteiger partial charge in [-0.05, 0) is 50.1 Å². The van der Waals surface area contributed by atoms with E-state index in [1.807, 2.05) is 19.1 Å². The smallest absolute Gasteiger partial charge is 0.238 e. The molecule has 1 aliphatic rings. The van der Waals surface area contributed by atoms with Gasteiger partial charge in [-0.25, -0.2) is 0 Å². The minimum atomic E-state index is -0.0433. The van der Waals surface area contributed by atoms with Crippen molar-refractivity contribution in [1.82, 2.24) is 4.90 Å². The summed E-state index contributed by atoms with van der Waals surface area (Å²) in [5.74, 6) is -0.0433. The van der Waals surface area contributed by atoms with E-state index in [0.29, 0.717) is 12.2 Å². The predicted molar refractivity (Wildman–Crippen MR) is 80.5 cm³/mol. The van der Waals surface area contributed by atoms with Crippen molar-refractivity contribution in [2.24, 2.45) is 0 Å². The number of carbonyl (C=O) groups is 1. The lowest BCUT2D eigenvalue weighted by Crippen LogP contribution is -2.45. The maximum atomic E-state index is 12.1. The summed E-state index contributed by atoms with van der Waals surface area (Å²) in [6.07, 6.45) is 3.18. The van der Waals surface area contributed by atoms with Crippen LogP contribution in [0.2, 0.25) is 0 Å². The molecule has 1 heterocycles. The maximum absolute atomic E-state index is 12.1. The van der Waals surface area contributed by atoms with E-state index in [1.165, 1.54) is 0 Å². The van der Waals surface area contributed by atoms with Gasteiger partial charge in [0.25, 0.3) is 0 Å². The van der Waals surface area contributed by atoms with Gasteiger partial charge in [-0.2, -0.15) is 0 Å². The van der Waals surface area contributed by atoms with Crippen LogP contribution in [0.3, 0.4) is 0 Å². The van der Waals surface area contributed by atoms with Crippen LogP contribution in [-0.4, -0.2) is 41.7 Å². The number of nitrogens with two attached hydrogens (primary N) is 1. The van der Waals surface area contributed by atoms with E-state index >= 15 is 0 Å². The largest absolute Gasteiger partial charge is 0.399 e. The molecule has 5 nitrogen and oxygen atoms in total. The Balaban J connectivity index is 1.94. The third-order valence-corrected chi connectivity index (χ3v) is 3.83. The number of aryl methyl sites for hydroxylation is 1. The number of benzene rings is 1. The van der Waals surface area contributed by atoms with Crippen LogP contribution in [0.1, 0.15) is 24.8 Å². The Morgan fingerprint density at radius 2 is 2.30 bits per heavy atom. The molecule has 110 valence electrons. The number of hydrogen-bond donors (Lipinski definition) is 3. The van der Waals surface area contributed by atoms with Crippen LogP contribution in [0.4, 0.5) is 11.4 Å². The molecular formula is C15H23N3O2. The van der Waals surface area contributed by atoms with E-state index in [-0.39, 0.29) is 18.6 Å². The third-order valence-electron chi connectivity index (χ3n) is 3.83. The first-order chi connectivity index (χ1) is 9.60. The molecule has 1 unspecified atom stereocenters. The van der Waals surface area contributed by atoms with Crippen molar-refractivity contribution >= 4 is 17.3 Å². The van der Waals surface area contributed by atoms with Gasteiger partial charge in [-0.1, -0.05) is 6.42 Å². The van der Waals surface area contributed by atoms with Crippen molar-refractivity contribution < 1.29 is 9.90 Å². The molecule has 1 aromatic carbocycles. The maximum Gasteiger partial charge on any atom is 0.238 e. The second-order valence-electron chi connectivity index (χ2n) is 5.43. The number of piperidine rings is 1. The summed E-state index contributed by atoms with van der Waals surface area (Å²) in [7, 11) is 0. The van der Waals surface area contributed by atoms with E-state index in [0.717, 1.165) is 37.1 Å². The monoisotopic (exact) mass is 277 g/mol. The molecule has 0 aliphatic carbocycles. The number of anilines is 2. The van der Waals surface area contributed by atoms with Crippen molar-refractivity contribution in [1.29, 1.82) is 0 Å². The molecule has 2 rings (SSSR count). The lowest BCUT2D eigenvalue weighted by Gasteiger charge is -2.33. The van der Waals surface area contributed by atoms with Crippen LogP contribution < -0.4 is 11.1 Å². The summed E-state index contributed by atoms with van der Waals surface area (Å²) in [6.45, 7) is 3.24. The van der Waals surface area contributed by atoms with Crippen molar-refractivity contribution in [3.8, 4) is 0 Å². The molecule has 1 saturated heterocycles. The third kappa shape index (κ3) is 3.71. The van der Waals surface area contributed by atoms with Gasteiger partial charge in [0.05, 0.1) is 13.2 Å². The van der Waals surface area contributed by atoms with Crippen LogP contribution in [0.15, 0.2) is 18.2 Å². The van der Waals surface area contributed by atoms with E-state index in [1.54, 1.807) is 6.07 Å². The topological polar surface area (TPSA) is 78.6 Å². The Bertz CT molecular complexity index is 476. The number of carbonyl (C=O) groups excluding carboxylic acids is 1. The molecule has 1 amide bonds. The highest BCUT2D eigenvalue weighted by Crippen LogP contribution is 2.19. The quantitative estimate of drug-likeness (QED) is 0.726. The first kappa shape index (κ1) is 14.8. The van der Waals surface area contributed by atoms with Crippen molar-refractivity contribution in [3.05, 3.63) is 23.8 Å². The number of rotatable bonds is 4. The molecule has 1 aliphatic heterocycles. The fourth-order valence-corrected chi connectivity index (χ4v) is 2.68. The Morgan fingerprint density at radius 1 is 1.50 bits per heavy atom. The van der Waals surface area contributed by atoms with E-state index in [2.05, 4.69) is 10.2 Å². The molecule has 1 fully saturated rings. The fraction of sp³-hybridized carbons (Fsp3) is 0.533. The van der Waals surface area contributed by atoms with Crippen LogP contribution in [0.5, 0.6) is 0 Å². The summed E-state index contributed by atoms with van der Waals surface area (Å²) < 4.78 is 0. The van der Waals surface area contributed by atoms with Crippen LogP contribution in [-0.2, 0) is 4.79 Å². The summed E-state index contributed by atoms with van der Waals surface area (Å²) in [5.41, 5.74) is 8.13. The molecule has 0 bridgehead atoms. The summed E-state index contributed by atoms with van der Waals surface area (Å²) >= 11 is 0. The lowest BCUT2D eigenvalue weighted by atomic mass is 10.0. The Hall–Kier alpha value is -1.59. The first-order valence-electron chi connectivity index (χ1n) is 7.11. The van der Waals surface area contributed by atoms with E-state index < -0.39 is 0 Å². The first-order valence-corrected chi connectivity index (χ1v) is 7.11. The molecule has 5 heteroatoms. The molecule has 20 heavy (non-hydrogen) atoms. The number of amides is 1. The number of likely N-dealkylation sites (tertiary alicyclic amines) is 1. The van der Waals surface area contributed by atoms with Gasteiger partial charge in [0.15, 0.2) is 0 Å². The molecule has 0 saturated carbocycles. The Labute approximate surface area is 119 Å². The van der Waals surface area contributed by atoms with Crippen LogP contribution in [0.25, 0.3) is 0 Å². The predicted octanol–water partition coefficient (Wildman–Crippen LogP) is 1.36. The molecule has 4 N–H and O–H groups in total. The second kappa shape index (κ2) is 6.72. The average Bonchev–Trinajstić information content (AvgIpc) is 2.42. The summed E-state index contributed by atoms with van der Waals surface area (Å²) in [5, 5.41) is 12.3. The van der Waals surface area contributed by atoms with Gasteiger partial charge < -0.3 is 16.2 Å². The van der Waals surface area contributed by atoms with Gasteiger partial charge in [-0.15, -0.1) is 0 Å². The average molecular weight is 277 g/mol. The molecule has 1 aromatic rings. The zero-order chi connectivity index (χ0) is 14.5. The number of nitrogens with zero attached hydrogens (tertiary/aromatic N) is 1. The van der Waals surface area contributed by atoms with E-state index in [9.17, 15) is 9.90 Å². The number of aliphatic hydroxyl groups excluding tert-OH is 1. The highest BCUT2D eigenvalue weighted by molar-refractivity contribution is 5.93. The van der Waals surface area contributed by atoms with Gasteiger partial charge in [0.1, 0.15) is 0 Å². The summed E-state index contributed by atoms with van der Waals surface area (Å²) in [4.78, 5) is 14.2. The lowest BCUT2D eigenvalue weighted by molar-refractivity contribution is -0.118. The van der Waals surface area contributed by atoms with Crippen molar-refractivity contribution in [2.75, 3.05) is 30.7 Å². The minimum absolute atomic E-state index is 0.0433. The van der Waals surface area contributed by atoms with Crippen molar-refractivity contribution in [3.63, 3.8) is 0 Å². The SMILES string of the molecule is Cc1cc(N)ccc1NC(=O)CN1CCCCC1CO. The number of nitrogens with one attached hydrogen (secondary N) is 1. The summed E-state index contributed by atoms with van der Waals surface area (Å²) in [6, 6.07) is 5.55. The van der Waals surface area contributed by atoms with Gasteiger partial charge in [0, 0.05) is 17.4 Å². The van der Waals surface area contributed by atoms with Gasteiger partial charge in [0.2, 0.25) is 5.91 Å². The standard InChI is InChI=1S/C15H23N3O2/c1-11-8-12(16)5-6-14(11)17-15(20)9-18-7-3-2-4-13(18)10-19/h5-6,8,13,19H,2-4,7,9-10,16H2,1H3,(H,17,20). The molecule has 0 spiro atoms.